The number of nitrogens with zero attached hydrogens (tertiary/aromatic N) is 4. The van der Waals surface area contributed by atoms with Crippen molar-refractivity contribution in [1.82, 2.24) is 19.5 Å². The molecule has 0 saturated carbocycles. The summed E-state index contributed by atoms with van der Waals surface area (Å²) in [5, 5.41) is 3.23. The van der Waals surface area contributed by atoms with E-state index in [1.165, 1.54) is 0 Å². The molecule has 0 amide bonds. The van der Waals surface area contributed by atoms with Crippen molar-refractivity contribution in [1.29, 1.82) is 0 Å². The van der Waals surface area contributed by atoms with E-state index < -0.39 is 0 Å². The van der Waals surface area contributed by atoms with Crippen LogP contribution in [0.25, 0.3) is 0 Å². The third-order valence-corrected chi connectivity index (χ3v) is 2.42. The Balaban J connectivity index is 0.00000162. The van der Waals surface area contributed by atoms with Gasteiger partial charge in [0, 0.05) is 36.9 Å². The first-order valence-electron chi connectivity index (χ1n) is 5.76. The maximum atomic E-state index is 4.33. The summed E-state index contributed by atoms with van der Waals surface area (Å²) in [4.78, 5) is 12.7. The molecule has 0 saturated heterocycles. The molecule has 2 rings (SSSR count). The molecule has 0 aliphatic rings. The van der Waals surface area contributed by atoms with E-state index in [4.69, 9.17) is 0 Å². The number of aromatic nitrogens is 4. The van der Waals surface area contributed by atoms with E-state index >= 15 is 0 Å². The number of imidazole rings is 1. The smallest absolute Gasteiger partial charge is 0.223 e. The van der Waals surface area contributed by atoms with Gasteiger partial charge in [0.25, 0.3) is 0 Å². The summed E-state index contributed by atoms with van der Waals surface area (Å²) < 4.78 is 2.06. The van der Waals surface area contributed by atoms with Crippen molar-refractivity contribution >= 4 is 18.4 Å². The molecule has 0 radical (unpaired) electrons. The number of nitrogens with one attached hydrogen (secondary N) is 1. The van der Waals surface area contributed by atoms with Crippen molar-refractivity contribution in [2.75, 3.05) is 11.9 Å². The summed E-state index contributed by atoms with van der Waals surface area (Å²) in [6.45, 7) is 5.77. The van der Waals surface area contributed by atoms with Crippen molar-refractivity contribution in [3.8, 4) is 0 Å². The van der Waals surface area contributed by atoms with Gasteiger partial charge >= 0.3 is 0 Å². The van der Waals surface area contributed by atoms with Gasteiger partial charge in [-0.1, -0.05) is 0 Å². The summed E-state index contributed by atoms with van der Waals surface area (Å²) in [5.74, 6) is 0.716. The average molecular weight is 268 g/mol. The molecule has 0 aliphatic heterocycles. The standard InChI is InChI=1S/C12H17N5.ClH/c1-10-8-11(2)16-12(15-10)14-4-3-6-17-7-5-13-9-17;/h5,7-9H,3-4,6H2,1-2H3,(H,14,15,16);1H. The summed E-state index contributed by atoms with van der Waals surface area (Å²) in [7, 11) is 0. The second-order valence-electron chi connectivity index (χ2n) is 4.06. The Bertz CT molecular complexity index is 449. The second-order valence-corrected chi connectivity index (χ2v) is 4.06. The van der Waals surface area contributed by atoms with Gasteiger partial charge in [-0.05, 0) is 26.3 Å². The van der Waals surface area contributed by atoms with Crippen LogP contribution in [0.3, 0.4) is 0 Å². The normalized spacial score (nSPS) is 9.89. The first kappa shape index (κ1) is 14.4. The highest BCUT2D eigenvalue weighted by molar-refractivity contribution is 5.85. The van der Waals surface area contributed by atoms with Gasteiger partial charge < -0.3 is 9.88 Å². The molecule has 6 heteroatoms. The minimum Gasteiger partial charge on any atom is -0.354 e. The largest absolute Gasteiger partial charge is 0.354 e. The molecule has 0 aliphatic carbocycles. The van der Waals surface area contributed by atoms with Gasteiger partial charge in [-0.25, -0.2) is 15.0 Å². The van der Waals surface area contributed by atoms with Crippen LogP contribution in [0.5, 0.6) is 0 Å². The lowest BCUT2D eigenvalue weighted by atomic mass is 10.3. The van der Waals surface area contributed by atoms with Gasteiger partial charge in [0.05, 0.1) is 6.33 Å². The third kappa shape index (κ3) is 4.33. The number of hydrogen-bond acceptors (Lipinski definition) is 4. The Morgan fingerprint density at radius 3 is 2.56 bits per heavy atom. The first-order chi connectivity index (χ1) is 8.24. The maximum absolute atomic E-state index is 4.33. The highest BCUT2D eigenvalue weighted by Crippen LogP contribution is 2.03. The monoisotopic (exact) mass is 267 g/mol. The van der Waals surface area contributed by atoms with E-state index in [0.717, 1.165) is 30.9 Å². The van der Waals surface area contributed by atoms with Crippen molar-refractivity contribution in [2.24, 2.45) is 0 Å². The van der Waals surface area contributed by atoms with Crippen LogP contribution in [-0.4, -0.2) is 26.1 Å². The molecule has 18 heavy (non-hydrogen) atoms. The van der Waals surface area contributed by atoms with Gasteiger partial charge in [-0.3, -0.25) is 0 Å². The third-order valence-electron chi connectivity index (χ3n) is 2.42. The predicted molar refractivity (Wildman–Crippen MR) is 74.1 cm³/mol. The van der Waals surface area contributed by atoms with Crippen LogP contribution in [0, 0.1) is 13.8 Å². The fourth-order valence-corrected chi connectivity index (χ4v) is 1.69. The number of hydrogen-bond donors (Lipinski definition) is 1. The summed E-state index contributed by atoms with van der Waals surface area (Å²) in [5.41, 5.74) is 1.99. The van der Waals surface area contributed by atoms with E-state index in [1.54, 1.807) is 6.20 Å². The molecule has 5 nitrogen and oxygen atoms in total. The molecule has 0 spiro atoms. The van der Waals surface area contributed by atoms with Gasteiger partial charge in [-0.2, -0.15) is 0 Å². The summed E-state index contributed by atoms with van der Waals surface area (Å²) in [6, 6.07) is 1.97. The minimum absolute atomic E-state index is 0. The van der Waals surface area contributed by atoms with Crippen molar-refractivity contribution in [3.05, 3.63) is 36.2 Å². The lowest BCUT2D eigenvalue weighted by molar-refractivity contribution is 0.659. The van der Waals surface area contributed by atoms with Crippen molar-refractivity contribution in [3.63, 3.8) is 0 Å². The zero-order valence-corrected chi connectivity index (χ0v) is 11.4. The van der Waals surface area contributed by atoms with Gasteiger partial charge in [-0.15, -0.1) is 12.4 Å². The van der Waals surface area contributed by atoms with E-state index in [1.807, 2.05) is 32.4 Å². The molecule has 2 heterocycles. The molecule has 2 aromatic rings. The lowest BCUT2D eigenvalue weighted by Gasteiger charge is -2.06. The zero-order valence-electron chi connectivity index (χ0n) is 10.6. The molecule has 0 fully saturated rings. The van der Waals surface area contributed by atoms with E-state index in [0.29, 0.717) is 5.95 Å². The van der Waals surface area contributed by atoms with Crippen LogP contribution < -0.4 is 5.32 Å². The average Bonchev–Trinajstić information content (AvgIpc) is 2.76. The van der Waals surface area contributed by atoms with Gasteiger partial charge in [0.15, 0.2) is 0 Å². The van der Waals surface area contributed by atoms with Crippen molar-refractivity contribution in [2.45, 2.75) is 26.8 Å². The number of aryl methyl sites for hydroxylation is 3. The van der Waals surface area contributed by atoms with Crippen LogP contribution in [0.1, 0.15) is 17.8 Å². The number of halogens is 1. The lowest BCUT2D eigenvalue weighted by Crippen LogP contribution is -2.09. The predicted octanol–water partition coefficient (Wildman–Crippen LogP) is 2.21. The van der Waals surface area contributed by atoms with Gasteiger partial charge in [0.1, 0.15) is 0 Å². The zero-order chi connectivity index (χ0) is 12.1. The Morgan fingerprint density at radius 1 is 1.22 bits per heavy atom. The number of rotatable bonds is 5. The Kier molecular flexibility index (Phi) is 5.58. The highest BCUT2D eigenvalue weighted by atomic mass is 35.5. The molecular formula is C12H18ClN5. The van der Waals surface area contributed by atoms with Crippen LogP contribution in [0.4, 0.5) is 5.95 Å². The minimum atomic E-state index is 0. The first-order valence-corrected chi connectivity index (χ1v) is 5.76. The SMILES string of the molecule is Cc1cc(C)nc(NCCCn2ccnc2)n1.Cl. The van der Waals surface area contributed by atoms with Crippen LogP contribution in [0.15, 0.2) is 24.8 Å². The summed E-state index contributed by atoms with van der Waals surface area (Å²) in [6.07, 6.45) is 6.60. The van der Waals surface area contributed by atoms with Crippen LogP contribution in [0.2, 0.25) is 0 Å². The molecule has 0 unspecified atom stereocenters. The Morgan fingerprint density at radius 2 is 1.94 bits per heavy atom. The van der Waals surface area contributed by atoms with E-state index in [2.05, 4.69) is 24.8 Å². The molecule has 1 N–H and O–H groups in total. The molecule has 98 valence electrons. The van der Waals surface area contributed by atoms with Crippen molar-refractivity contribution < 1.29 is 0 Å². The second kappa shape index (κ2) is 6.96. The molecule has 0 aromatic carbocycles. The number of anilines is 1. The van der Waals surface area contributed by atoms with Crippen LogP contribution in [-0.2, 0) is 6.54 Å². The quantitative estimate of drug-likeness (QED) is 0.844. The van der Waals surface area contributed by atoms with E-state index in [9.17, 15) is 0 Å². The van der Waals surface area contributed by atoms with Crippen LogP contribution >= 0.6 is 12.4 Å². The Labute approximate surface area is 113 Å². The van der Waals surface area contributed by atoms with Gasteiger partial charge in [0.2, 0.25) is 5.95 Å². The maximum Gasteiger partial charge on any atom is 0.223 e. The Hall–Kier alpha value is -1.62. The molecule has 0 bridgehead atoms. The molecule has 0 atom stereocenters. The van der Waals surface area contributed by atoms with E-state index in [-0.39, 0.29) is 12.4 Å². The fourth-order valence-electron chi connectivity index (χ4n) is 1.69. The highest BCUT2D eigenvalue weighted by Gasteiger charge is 1.98. The summed E-state index contributed by atoms with van der Waals surface area (Å²) >= 11 is 0. The molecule has 2 aromatic heterocycles. The topological polar surface area (TPSA) is 55.6 Å². The molecular weight excluding hydrogens is 250 g/mol. The fraction of sp³-hybridized carbons (Fsp3) is 0.417.